The normalized spacial score (nSPS) is 11.2. The minimum atomic E-state index is -3.99. The molecule has 0 unspecified atom stereocenters. The highest BCUT2D eigenvalue weighted by Gasteiger charge is 2.24. The van der Waals surface area contributed by atoms with Gasteiger partial charge in [0.2, 0.25) is 0 Å². The molecule has 2 aromatic carbocycles. The predicted octanol–water partition coefficient (Wildman–Crippen LogP) is 4.04. The maximum absolute atomic E-state index is 12.8. The first-order valence-corrected chi connectivity index (χ1v) is 10.7. The molecule has 0 fully saturated rings. The first kappa shape index (κ1) is 21.3. The third-order valence-corrected chi connectivity index (χ3v) is 5.98. The molecule has 3 rings (SSSR count). The number of hydrogen-bond acceptors (Lipinski definition) is 6. The van der Waals surface area contributed by atoms with Gasteiger partial charge in [-0.15, -0.1) is 0 Å². The van der Waals surface area contributed by atoms with E-state index < -0.39 is 14.9 Å². The molecule has 0 saturated carbocycles. The second-order valence-corrected chi connectivity index (χ2v) is 8.69. The number of nitro benzene ring substituents is 1. The molecule has 0 aliphatic carbocycles. The van der Waals surface area contributed by atoms with Crippen LogP contribution in [0.15, 0.2) is 65.7 Å². The Kier molecular flexibility index (Phi) is 6.02. The third-order valence-electron chi connectivity index (χ3n) is 4.62. The van der Waals surface area contributed by atoms with E-state index in [1.807, 2.05) is 25.1 Å². The zero-order valence-electron chi connectivity index (χ0n) is 16.9. The van der Waals surface area contributed by atoms with E-state index in [1.54, 1.807) is 43.3 Å². The lowest BCUT2D eigenvalue weighted by molar-refractivity contribution is -0.384. The Hall–Kier alpha value is -3.46. The van der Waals surface area contributed by atoms with Crippen molar-refractivity contribution in [3.63, 3.8) is 0 Å². The molecule has 0 radical (unpaired) electrons. The highest BCUT2D eigenvalue weighted by Crippen LogP contribution is 2.32. The van der Waals surface area contributed by atoms with Crippen molar-refractivity contribution in [2.24, 2.45) is 0 Å². The fraction of sp³-hybridized carbons (Fsp3) is 0.190. The lowest BCUT2D eigenvalue weighted by Crippen LogP contribution is -2.19. The van der Waals surface area contributed by atoms with E-state index >= 15 is 0 Å². The van der Waals surface area contributed by atoms with E-state index in [0.29, 0.717) is 17.9 Å². The fourth-order valence-corrected chi connectivity index (χ4v) is 4.24. The summed E-state index contributed by atoms with van der Waals surface area (Å²) < 4.78 is 28.2. The van der Waals surface area contributed by atoms with Crippen LogP contribution in [0, 0.1) is 24.0 Å². The Labute approximate surface area is 175 Å². The number of aromatic nitrogens is 1. The third kappa shape index (κ3) is 4.74. The van der Waals surface area contributed by atoms with Gasteiger partial charge in [0.1, 0.15) is 5.69 Å². The van der Waals surface area contributed by atoms with Gasteiger partial charge in [0.15, 0.2) is 0 Å². The molecule has 3 aromatic rings. The van der Waals surface area contributed by atoms with Gasteiger partial charge in [-0.05, 0) is 49.7 Å². The molecule has 30 heavy (non-hydrogen) atoms. The summed E-state index contributed by atoms with van der Waals surface area (Å²) in [5.41, 5.74) is 2.95. The monoisotopic (exact) mass is 426 g/mol. The van der Waals surface area contributed by atoms with Crippen LogP contribution in [0.3, 0.4) is 0 Å². The van der Waals surface area contributed by atoms with Gasteiger partial charge in [-0.25, -0.2) is 8.42 Å². The molecule has 0 spiro atoms. The summed E-state index contributed by atoms with van der Waals surface area (Å²) >= 11 is 0. The molecule has 0 atom stereocenters. The number of sulfonamides is 1. The molecule has 0 saturated heterocycles. The number of hydrogen-bond donors (Lipinski definition) is 1. The summed E-state index contributed by atoms with van der Waals surface area (Å²) in [5, 5.41) is 11.7. The first-order valence-electron chi connectivity index (χ1n) is 9.17. The van der Waals surface area contributed by atoms with Gasteiger partial charge in [-0.1, -0.05) is 23.8 Å². The van der Waals surface area contributed by atoms with Crippen molar-refractivity contribution in [2.75, 3.05) is 16.7 Å². The topological polar surface area (TPSA) is 105 Å². The number of anilines is 2. The van der Waals surface area contributed by atoms with Crippen molar-refractivity contribution in [1.82, 2.24) is 4.98 Å². The summed E-state index contributed by atoms with van der Waals surface area (Å²) in [4.78, 5) is 16.8. The first-order chi connectivity index (χ1) is 14.2. The van der Waals surface area contributed by atoms with Crippen LogP contribution in [0.5, 0.6) is 0 Å². The summed E-state index contributed by atoms with van der Waals surface area (Å²) in [7, 11) is -2.30. The van der Waals surface area contributed by atoms with Gasteiger partial charge in [0.05, 0.1) is 27.7 Å². The number of nitrogens with zero attached hydrogens (tertiary/aromatic N) is 3. The molecule has 156 valence electrons. The largest absolute Gasteiger partial charge is 0.363 e. The molecule has 1 N–H and O–H groups in total. The lowest BCUT2D eigenvalue weighted by Gasteiger charge is -2.19. The average molecular weight is 426 g/mol. The molecule has 8 nitrogen and oxygen atoms in total. The van der Waals surface area contributed by atoms with Gasteiger partial charge >= 0.3 is 0 Å². The predicted molar refractivity (Wildman–Crippen MR) is 116 cm³/mol. The molecule has 0 aliphatic rings. The highest BCUT2D eigenvalue weighted by atomic mass is 32.2. The molecule has 1 aromatic heterocycles. The molecular formula is C21H22N4O4S. The maximum Gasteiger partial charge on any atom is 0.293 e. The Balaban J connectivity index is 1.93. The van der Waals surface area contributed by atoms with Gasteiger partial charge in [0.25, 0.3) is 15.7 Å². The summed E-state index contributed by atoms with van der Waals surface area (Å²) in [6, 6.07) is 14.6. The highest BCUT2D eigenvalue weighted by molar-refractivity contribution is 7.92. The van der Waals surface area contributed by atoms with Crippen LogP contribution in [0.25, 0.3) is 0 Å². The van der Waals surface area contributed by atoms with E-state index in [2.05, 4.69) is 9.71 Å². The van der Waals surface area contributed by atoms with Gasteiger partial charge in [-0.2, -0.15) is 0 Å². The summed E-state index contributed by atoms with van der Waals surface area (Å²) in [5.74, 6) is 0. The van der Waals surface area contributed by atoms with E-state index in [4.69, 9.17) is 0 Å². The second kappa shape index (κ2) is 8.50. The Morgan fingerprint density at radius 3 is 2.50 bits per heavy atom. The van der Waals surface area contributed by atoms with E-state index in [1.165, 1.54) is 12.1 Å². The number of benzene rings is 2. The Morgan fingerprint density at radius 2 is 1.87 bits per heavy atom. The maximum atomic E-state index is 12.8. The van der Waals surface area contributed by atoms with Crippen LogP contribution < -0.4 is 9.62 Å². The van der Waals surface area contributed by atoms with Crippen LogP contribution in [0.1, 0.15) is 16.8 Å². The molecule has 0 bridgehead atoms. The summed E-state index contributed by atoms with van der Waals surface area (Å²) in [6.45, 7) is 4.05. The molecule has 9 heteroatoms. The van der Waals surface area contributed by atoms with Crippen molar-refractivity contribution in [1.29, 1.82) is 0 Å². The molecule has 1 heterocycles. The van der Waals surface area contributed by atoms with Crippen LogP contribution in [0.4, 0.5) is 17.1 Å². The van der Waals surface area contributed by atoms with Crippen molar-refractivity contribution in [3.05, 3.63) is 87.7 Å². The zero-order chi connectivity index (χ0) is 21.9. The van der Waals surface area contributed by atoms with Crippen molar-refractivity contribution in [3.8, 4) is 0 Å². The van der Waals surface area contributed by atoms with Gasteiger partial charge in [-0.3, -0.25) is 19.8 Å². The van der Waals surface area contributed by atoms with E-state index in [9.17, 15) is 18.5 Å². The Bertz CT molecular complexity index is 1180. The Morgan fingerprint density at radius 1 is 1.10 bits per heavy atom. The average Bonchev–Trinajstić information content (AvgIpc) is 2.70. The standard InChI is InChI=1S/C21H22N4O4S/c1-15-7-9-19(16(2)12-15)23-30(28,29)18-8-10-20(21(13-18)25(26)27)24(3)14-17-6-4-5-11-22-17/h4-13,23H,14H2,1-3H3. The molecule has 0 aliphatic heterocycles. The number of rotatable bonds is 7. The quantitative estimate of drug-likeness (QED) is 0.451. The zero-order valence-corrected chi connectivity index (χ0v) is 17.7. The van der Waals surface area contributed by atoms with Crippen LogP contribution in [0.2, 0.25) is 0 Å². The van der Waals surface area contributed by atoms with Crippen LogP contribution >= 0.6 is 0 Å². The van der Waals surface area contributed by atoms with E-state index in [0.717, 1.165) is 22.9 Å². The lowest BCUT2D eigenvalue weighted by atomic mass is 10.1. The molecular weight excluding hydrogens is 404 g/mol. The van der Waals surface area contributed by atoms with E-state index in [-0.39, 0.29) is 10.6 Å². The number of aryl methyl sites for hydroxylation is 2. The SMILES string of the molecule is Cc1ccc(NS(=O)(=O)c2ccc(N(C)Cc3ccccn3)c([N+](=O)[O-])c2)c(C)c1. The second-order valence-electron chi connectivity index (χ2n) is 7.01. The molecule has 0 amide bonds. The minimum Gasteiger partial charge on any atom is -0.363 e. The smallest absolute Gasteiger partial charge is 0.293 e. The van der Waals surface area contributed by atoms with Crippen molar-refractivity contribution in [2.45, 2.75) is 25.3 Å². The van der Waals surface area contributed by atoms with Crippen LogP contribution in [-0.4, -0.2) is 25.4 Å². The van der Waals surface area contributed by atoms with Gasteiger partial charge < -0.3 is 4.90 Å². The van der Waals surface area contributed by atoms with Crippen molar-refractivity contribution < 1.29 is 13.3 Å². The minimum absolute atomic E-state index is 0.177. The summed E-state index contributed by atoms with van der Waals surface area (Å²) in [6.07, 6.45) is 1.64. The van der Waals surface area contributed by atoms with Crippen molar-refractivity contribution >= 4 is 27.1 Å². The number of pyridine rings is 1. The number of nitrogens with one attached hydrogen (secondary N) is 1. The fourth-order valence-electron chi connectivity index (χ4n) is 3.09. The van der Waals surface area contributed by atoms with Gasteiger partial charge in [0, 0.05) is 19.3 Å². The number of nitro groups is 1. The van der Waals surface area contributed by atoms with Crippen LogP contribution in [-0.2, 0) is 16.6 Å².